The Labute approximate surface area is 91.2 Å². The Morgan fingerprint density at radius 2 is 1.80 bits per heavy atom. The first kappa shape index (κ1) is 12.2. The highest BCUT2D eigenvalue weighted by Gasteiger charge is 2.25. The monoisotopic (exact) mass is 227 g/mol. The van der Waals surface area contributed by atoms with Crippen molar-refractivity contribution in [1.82, 2.24) is 0 Å². The van der Waals surface area contributed by atoms with Gasteiger partial charge in [-0.15, -0.1) is 0 Å². The molecule has 0 atom stereocenters. The third-order valence-corrected chi connectivity index (χ3v) is 3.68. The quantitative estimate of drug-likeness (QED) is 0.847. The molecule has 15 heavy (non-hydrogen) atoms. The second-order valence-corrected chi connectivity index (χ2v) is 6.34. The van der Waals surface area contributed by atoms with Crippen LogP contribution in [-0.2, 0) is 15.3 Å². The summed E-state index contributed by atoms with van der Waals surface area (Å²) in [4.78, 5) is 0.375. The van der Waals surface area contributed by atoms with E-state index in [1.54, 1.807) is 12.1 Å². The molecule has 0 bridgehead atoms. The van der Waals surface area contributed by atoms with Crippen LogP contribution in [0.4, 0.5) is 0 Å². The molecule has 0 fully saturated rings. The fraction of sp³-hybridized carbons (Fsp3) is 0.455. The summed E-state index contributed by atoms with van der Waals surface area (Å²) in [6.07, 6.45) is 1.22. The fourth-order valence-corrected chi connectivity index (χ4v) is 2.53. The molecule has 0 saturated carbocycles. The lowest BCUT2D eigenvalue weighted by atomic mass is 9.85. The second-order valence-electron chi connectivity index (χ2n) is 4.36. The molecule has 0 aliphatic rings. The minimum Gasteiger partial charge on any atom is -0.330 e. The summed E-state index contributed by atoms with van der Waals surface area (Å²) < 4.78 is 23.2. The van der Waals surface area contributed by atoms with Crippen LogP contribution in [0.1, 0.15) is 19.4 Å². The summed E-state index contributed by atoms with van der Waals surface area (Å²) >= 11 is 0. The lowest BCUT2D eigenvalue weighted by molar-refractivity contribution is 0.523. The van der Waals surface area contributed by atoms with Crippen LogP contribution in [0.15, 0.2) is 29.2 Å². The molecule has 0 saturated heterocycles. The SMILES string of the molecule is CC(C)(CN)c1ccccc1S(C)(=O)=O. The van der Waals surface area contributed by atoms with Gasteiger partial charge in [0, 0.05) is 18.2 Å². The number of nitrogens with two attached hydrogens (primary N) is 1. The van der Waals surface area contributed by atoms with Crippen molar-refractivity contribution in [3.05, 3.63) is 29.8 Å². The maximum Gasteiger partial charge on any atom is 0.175 e. The van der Waals surface area contributed by atoms with Crippen LogP contribution >= 0.6 is 0 Å². The molecule has 0 heterocycles. The summed E-state index contributed by atoms with van der Waals surface area (Å²) in [6.45, 7) is 4.30. The Kier molecular flexibility index (Phi) is 3.21. The second kappa shape index (κ2) is 3.94. The van der Waals surface area contributed by atoms with Gasteiger partial charge in [-0.3, -0.25) is 0 Å². The van der Waals surface area contributed by atoms with Crippen molar-refractivity contribution < 1.29 is 8.42 Å². The van der Waals surface area contributed by atoms with Crippen molar-refractivity contribution in [2.24, 2.45) is 5.73 Å². The number of hydrogen-bond acceptors (Lipinski definition) is 3. The van der Waals surface area contributed by atoms with Gasteiger partial charge in [-0.25, -0.2) is 8.42 Å². The number of benzene rings is 1. The fourth-order valence-electron chi connectivity index (χ4n) is 1.46. The third-order valence-electron chi connectivity index (χ3n) is 2.53. The Morgan fingerprint density at radius 3 is 2.27 bits per heavy atom. The highest BCUT2D eigenvalue weighted by molar-refractivity contribution is 7.90. The molecule has 0 aliphatic carbocycles. The smallest absolute Gasteiger partial charge is 0.175 e. The van der Waals surface area contributed by atoms with Crippen LogP contribution in [-0.4, -0.2) is 21.2 Å². The molecule has 0 amide bonds. The van der Waals surface area contributed by atoms with Gasteiger partial charge in [0.15, 0.2) is 9.84 Å². The van der Waals surface area contributed by atoms with Crippen LogP contribution in [0.2, 0.25) is 0 Å². The van der Waals surface area contributed by atoms with E-state index in [1.165, 1.54) is 6.26 Å². The minimum atomic E-state index is -3.18. The van der Waals surface area contributed by atoms with E-state index in [-0.39, 0.29) is 5.41 Å². The van der Waals surface area contributed by atoms with Crippen molar-refractivity contribution in [2.45, 2.75) is 24.2 Å². The lowest BCUT2D eigenvalue weighted by Gasteiger charge is -2.25. The summed E-state index contributed by atoms with van der Waals surface area (Å²) in [5.41, 5.74) is 6.12. The van der Waals surface area contributed by atoms with E-state index >= 15 is 0 Å². The molecule has 0 spiro atoms. The summed E-state index contributed by atoms with van der Waals surface area (Å²) in [5.74, 6) is 0. The Bertz CT molecular complexity index is 449. The molecule has 4 heteroatoms. The van der Waals surface area contributed by atoms with Crippen LogP contribution in [0, 0.1) is 0 Å². The van der Waals surface area contributed by atoms with Crippen molar-refractivity contribution >= 4 is 9.84 Å². The number of hydrogen-bond donors (Lipinski definition) is 1. The summed E-state index contributed by atoms with van der Waals surface area (Å²) in [6, 6.07) is 7.01. The van der Waals surface area contributed by atoms with Crippen LogP contribution in [0.25, 0.3) is 0 Å². The number of rotatable bonds is 3. The Morgan fingerprint density at radius 1 is 1.27 bits per heavy atom. The van der Waals surface area contributed by atoms with Gasteiger partial charge < -0.3 is 5.73 Å². The predicted octanol–water partition coefficient (Wildman–Crippen LogP) is 1.33. The summed E-state index contributed by atoms with van der Waals surface area (Å²) in [7, 11) is -3.18. The van der Waals surface area contributed by atoms with E-state index in [0.29, 0.717) is 11.4 Å². The zero-order chi connectivity index (χ0) is 11.7. The molecule has 0 aliphatic heterocycles. The first-order valence-corrected chi connectivity index (χ1v) is 6.68. The van der Waals surface area contributed by atoms with Gasteiger partial charge in [-0.2, -0.15) is 0 Å². The van der Waals surface area contributed by atoms with Crippen LogP contribution < -0.4 is 5.73 Å². The standard InChI is InChI=1S/C11H17NO2S/c1-11(2,8-12)9-6-4-5-7-10(9)15(3,13)14/h4-7H,8,12H2,1-3H3. The van der Waals surface area contributed by atoms with E-state index in [9.17, 15) is 8.42 Å². The molecule has 0 aromatic heterocycles. The van der Waals surface area contributed by atoms with Crippen LogP contribution in [0.5, 0.6) is 0 Å². The van der Waals surface area contributed by atoms with Gasteiger partial charge in [0.1, 0.15) is 0 Å². The van der Waals surface area contributed by atoms with Gasteiger partial charge >= 0.3 is 0 Å². The summed E-state index contributed by atoms with van der Waals surface area (Å²) in [5, 5.41) is 0. The lowest BCUT2D eigenvalue weighted by Crippen LogP contribution is -2.29. The predicted molar refractivity (Wildman–Crippen MR) is 61.6 cm³/mol. The van der Waals surface area contributed by atoms with Gasteiger partial charge in [-0.05, 0) is 11.6 Å². The van der Waals surface area contributed by atoms with Gasteiger partial charge in [0.2, 0.25) is 0 Å². The Balaban J connectivity index is 3.44. The largest absolute Gasteiger partial charge is 0.330 e. The van der Waals surface area contributed by atoms with E-state index < -0.39 is 9.84 Å². The van der Waals surface area contributed by atoms with Crippen molar-refractivity contribution in [1.29, 1.82) is 0 Å². The molecule has 84 valence electrons. The average Bonchev–Trinajstić information content (AvgIpc) is 2.16. The molecular weight excluding hydrogens is 210 g/mol. The van der Waals surface area contributed by atoms with Gasteiger partial charge in [-0.1, -0.05) is 32.0 Å². The maximum absolute atomic E-state index is 11.6. The molecule has 3 nitrogen and oxygen atoms in total. The van der Waals surface area contributed by atoms with Crippen molar-refractivity contribution in [3.8, 4) is 0 Å². The van der Waals surface area contributed by atoms with Gasteiger partial charge in [0.05, 0.1) is 4.90 Å². The van der Waals surface area contributed by atoms with E-state index in [4.69, 9.17) is 5.73 Å². The van der Waals surface area contributed by atoms with Crippen molar-refractivity contribution in [2.75, 3.05) is 12.8 Å². The van der Waals surface area contributed by atoms with Gasteiger partial charge in [0.25, 0.3) is 0 Å². The highest BCUT2D eigenvalue weighted by atomic mass is 32.2. The average molecular weight is 227 g/mol. The first-order valence-electron chi connectivity index (χ1n) is 4.78. The van der Waals surface area contributed by atoms with E-state index in [1.807, 2.05) is 26.0 Å². The van der Waals surface area contributed by atoms with E-state index in [2.05, 4.69) is 0 Å². The zero-order valence-corrected chi connectivity index (χ0v) is 10.1. The zero-order valence-electron chi connectivity index (χ0n) is 9.32. The maximum atomic E-state index is 11.6. The minimum absolute atomic E-state index is 0.320. The molecular formula is C11H17NO2S. The van der Waals surface area contributed by atoms with Crippen molar-refractivity contribution in [3.63, 3.8) is 0 Å². The Hall–Kier alpha value is -0.870. The molecule has 2 N–H and O–H groups in total. The highest BCUT2D eigenvalue weighted by Crippen LogP contribution is 2.28. The molecule has 1 aromatic rings. The molecule has 0 unspecified atom stereocenters. The molecule has 1 aromatic carbocycles. The first-order chi connectivity index (χ1) is 6.79. The normalized spacial score (nSPS) is 12.8. The molecule has 0 radical (unpaired) electrons. The topological polar surface area (TPSA) is 60.2 Å². The number of sulfone groups is 1. The molecule has 1 rings (SSSR count). The van der Waals surface area contributed by atoms with Crippen LogP contribution in [0.3, 0.4) is 0 Å². The third kappa shape index (κ3) is 2.58. The van der Waals surface area contributed by atoms with E-state index in [0.717, 1.165) is 5.56 Å².